The van der Waals surface area contributed by atoms with Gasteiger partial charge in [0.2, 0.25) is 0 Å². The molecule has 1 aromatic heterocycles. The van der Waals surface area contributed by atoms with Crippen molar-refractivity contribution in [3.8, 4) is 0 Å². The van der Waals surface area contributed by atoms with Gasteiger partial charge in [0.05, 0.1) is 4.47 Å². The van der Waals surface area contributed by atoms with Crippen LogP contribution in [0.15, 0.2) is 21.2 Å². The zero-order valence-corrected chi connectivity index (χ0v) is 13.1. The lowest BCUT2D eigenvalue weighted by Gasteiger charge is -2.19. The summed E-state index contributed by atoms with van der Waals surface area (Å²) >= 11 is 6.61. The van der Waals surface area contributed by atoms with E-state index < -0.39 is 5.60 Å². The van der Waals surface area contributed by atoms with Crippen LogP contribution in [0.5, 0.6) is 0 Å². The van der Waals surface area contributed by atoms with Gasteiger partial charge in [-0.2, -0.15) is 0 Å². The molecule has 1 heterocycles. The average molecular weight is 366 g/mol. The largest absolute Gasteiger partial charge is 0.459 e. The Labute approximate surface area is 117 Å². The molecule has 1 N–H and O–H groups in total. The summed E-state index contributed by atoms with van der Waals surface area (Å²) in [5, 5.41) is 2.90. The van der Waals surface area contributed by atoms with Gasteiger partial charge in [-0.25, -0.2) is 4.98 Å². The summed E-state index contributed by atoms with van der Waals surface area (Å²) < 4.78 is 6.71. The Morgan fingerprint density at radius 2 is 2.06 bits per heavy atom. The molecule has 4 nitrogen and oxygen atoms in total. The van der Waals surface area contributed by atoms with E-state index in [9.17, 15) is 4.79 Å². The van der Waals surface area contributed by atoms with Crippen LogP contribution in [0, 0.1) is 0 Å². The smallest absolute Gasteiger partial charge is 0.325 e. The third-order valence-corrected chi connectivity index (χ3v) is 3.41. The first kappa shape index (κ1) is 14.4. The Balaban J connectivity index is 2.50. The zero-order valence-electron chi connectivity index (χ0n) is 9.88. The molecule has 1 aromatic rings. The van der Waals surface area contributed by atoms with Gasteiger partial charge in [0.15, 0.2) is 0 Å². The topological polar surface area (TPSA) is 51.2 Å². The second kappa shape index (κ2) is 5.82. The molecule has 0 saturated heterocycles. The van der Waals surface area contributed by atoms with Crippen LogP contribution < -0.4 is 5.32 Å². The van der Waals surface area contributed by atoms with Crippen molar-refractivity contribution in [2.45, 2.75) is 26.4 Å². The van der Waals surface area contributed by atoms with Crippen LogP contribution in [0.25, 0.3) is 0 Å². The second-order valence-corrected chi connectivity index (χ2v) is 6.01. The number of nitrogens with zero attached hydrogens (tertiary/aromatic N) is 1. The third kappa shape index (κ3) is 5.50. The number of hydrogen-bond acceptors (Lipinski definition) is 4. The SMILES string of the molecule is CC(C)(C)OC(=O)CNc1ccc(Br)c(Br)n1. The lowest BCUT2D eigenvalue weighted by molar-refractivity contribution is -0.152. The predicted octanol–water partition coefficient (Wildman–Crippen LogP) is 3.36. The molecule has 0 aliphatic rings. The average Bonchev–Trinajstić information content (AvgIpc) is 2.17. The molecule has 17 heavy (non-hydrogen) atoms. The number of hydrogen-bond donors (Lipinski definition) is 1. The van der Waals surface area contributed by atoms with Gasteiger partial charge in [0.1, 0.15) is 22.6 Å². The van der Waals surface area contributed by atoms with Crippen molar-refractivity contribution in [2.24, 2.45) is 0 Å². The Kier molecular flexibility index (Phi) is 4.94. The Morgan fingerprint density at radius 1 is 1.41 bits per heavy atom. The number of carbonyl (C=O) groups is 1. The highest BCUT2D eigenvalue weighted by Gasteiger charge is 2.15. The summed E-state index contributed by atoms with van der Waals surface area (Å²) in [6.45, 7) is 5.59. The van der Waals surface area contributed by atoms with E-state index in [0.29, 0.717) is 10.4 Å². The van der Waals surface area contributed by atoms with Gasteiger partial charge in [-0.1, -0.05) is 0 Å². The lowest BCUT2D eigenvalue weighted by atomic mass is 10.2. The highest BCUT2D eigenvalue weighted by Crippen LogP contribution is 2.22. The van der Waals surface area contributed by atoms with Crippen molar-refractivity contribution in [1.29, 1.82) is 0 Å². The van der Waals surface area contributed by atoms with Gasteiger partial charge in [-0.15, -0.1) is 0 Å². The first-order valence-electron chi connectivity index (χ1n) is 5.06. The third-order valence-electron chi connectivity index (χ3n) is 1.64. The van der Waals surface area contributed by atoms with Crippen molar-refractivity contribution in [3.05, 3.63) is 21.2 Å². The lowest BCUT2D eigenvalue weighted by Crippen LogP contribution is -2.28. The number of ether oxygens (including phenoxy) is 1. The summed E-state index contributed by atoms with van der Waals surface area (Å²) in [5.41, 5.74) is -0.466. The minimum absolute atomic E-state index is 0.0956. The molecule has 1 rings (SSSR count). The minimum atomic E-state index is -0.466. The molecule has 0 atom stereocenters. The highest BCUT2D eigenvalue weighted by molar-refractivity contribution is 9.13. The molecule has 0 aromatic carbocycles. The van der Waals surface area contributed by atoms with Crippen molar-refractivity contribution in [2.75, 3.05) is 11.9 Å². The Morgan fingerprint density at radius 3 is 2.59 bits per heavy atom. The van der Waals surface area contributed by atoms with Crippen LogP contribution in [-0.2, 0) is 9.53 Å². The van der Waals surface area contributed by atoms with E-state index in [1.54, 1.807) is 6.07 Å². The van der Waals surface area contributed by atoms with Crippen LogP contribution in [0.1, 0.15) is 20.8 Å². The van der Waals surface area contributed by atoms with Crippen molar-refractivity contribution >= 4 is 43.6 Å². The van der Waals surface area contributed by atoms with E-state index >= 15 is 0 Å². The van der Waals surface area contributed by atoms with Crippen LogP contribution in [0.2, 0.25) is 0 Å². The van der Waals surface area contributed by atoms with Gasteiger partial charge in [-0.3, -0.25) is 4.79 Å². The molecule has 0 radical (unpaired) electrons. The van der Waals surface area contributed by atoms with Crippen molar-refractivity contribution < 1.29 is 9.53 Å². The normalized spacial score (nSPS) is 11.1. The quantitative estimate of drug-likeness (QED) is 0.659. The molecule has 0 fully saturated rings. The molecule has 0 unspecified atom stereocenters. The van der Waals surface area contributed by atoms with E-state index in [2.05, 4.69) is 42.2 Å². The van der Waals surface area contributed by atoms with Gasteiger partial charge in [0.25, 0.3) is 0 Å². The predicted molar refractivity (Wildman–Crippen MR) is 74.0 cm³/mol. The number of rotatable bonds is 3. The van der Waals surface area contributed by atoms with Gasteiger partial charge >= 0.3 is 5.97 Å². The van der Waals surface area contributed by atoms with Gasteiger partial charge in [0, 0.05) is 0 Å². The number of carbonyl (C=O) groups excluding carboxylic acids is 1. The standard InChI is InChI=1S/C11H14Br2N2O2/c1-11(2,3)17-9(16)6-14-8-5-4-7(12)10(13)15-8/h4-5H,6H2,1-3H3,(H,14,15). The maximum Gasteiger partial charge on any atom is 0.325 e. The van der Waals surface area contributed by atoms with E-state index in [1.807, 2.05) is 26.8 Å². The summed E-state index contributed by atoms with van der Waals surface area (Å²) in [4.78, 5) is 15.6. The Bertz CT molecular complexity index is 416. The second-order valence-electron chi connectivity index (χ2n) is 4.41. The molecule has 6 heteroatoms. The summed E-state index contributed by atoms with van der Waals surface area (Å²) in [7, 11) is 0. The molecule has 94 valence electrons. The first-order valence-corrected chi connectivity index (χ1v) is 6.64. The number of pyridine rings is 1. The zero-order chi connectivity index (χ0) is 13.1. The van der Waals surface area contributed by atoms with E-state index in [0.717, 1.165) is 4.47 Å². The number of aromatic nitrogens is 1. The molecule has 0 aliphatic heterocycles. The molecular weight excluding hydrogens is 352 g/mol. The molecule has 0 bridgehead atoms. The van der Waals surface area contributed by atoms with Crippen LogP contribution in [0.3, 0.4) is 0 Å². The number of halogens is 2. The summed E-state index contributed by atoms with van der Waals surface area (Å²) in [6, 6.07) is 3.62. The van der Waals surface area contributed by atoms with E-state index in [1.165, 1.54) is 0 Å². The summed E-state index contributed by atoms with van der Waals surface area (Å²) in [5.74, 6) is 0.310. The minimum Gasteiger partial charge on any atom is -0.459 e. The van der Waals surface area contributed by atoms with Crippen molar-refractivity contribution in [1.82, 2.24) is 4.98 Å². The molecular formula is C11H14Br2N2O2. The van der Waals surface area contributed by atoms with Gasteiger partial charge in [-0.05, 0) is 64.8 Å². The molecule has 0 saturated carbocycles. The van der Waals surface area contributed by atoms with Crippen LogP contribution in [0.4, 0.5) is 5.82 Å². The first-order chi connectivity index (χ1) is 7.78. The van der Waals surface area contributed by atoms with Crippen molar-refractivity contribution in [3.63, 3.8) is 0 Å². The molecule has 0 amide bonds. The Hall–Kier alpha value is -0.620. The number of nitrogens with one attached hydrogen (secondary N) is 1. The number of esters is 1. The van der Waals surface area contributed by atoms with Crippen LogP contribution >= 0.6 is 31.9 Å². The fourth-order valence-corrected chi connectivity index (χ4v) is 1.60. The molecule has 0 spiro atoms. The van der Waals surface area contributed by atoms with E-state index in [-0.39, 0.29) is 12.5 Å². The maximum absolute atomic E-state index is 11.5. The fourth-order valence-electron chi connectivity index (χ4n) is 1.06. The fraction of sp³-hybridized carbons (Fsp3) is 0.455. The highest BCUT2D eigenvalue weighted by atomic mass is 79.9. The number of anilines is 1. The maximum atomic E-state index is 11.5. The monoisotopic (exact) mass is 364 g/mol. The molecule has 0 aliphatic carbocycles. The van der Waals surface area contributed by atoms with Gasteiger partial charge < -0.3 is 10.1 Å². The summed E-state index contributed by atoms with van der Waals surface area (Å²) in [6.07, 6.45) is 0. The van der Waals surface area contributed by atoms with Crippen LogP contribution in [-0.4, -0.2) is 23.1 Å². The van der Waals surface area contributed by atoms with E-state index in [4.69, 9.17) is 4.74 Å².